The smallest absolute Gasteiger partial charge is 0.291 e. The zero-order valence-electron chi connectivity index (χ0n) is 14.9. The van der Waals surface area contributed by atoms with Crippen LogP contribution in [0.25, 0.3) is 4.96 Å². The molecule has 0 aliphatic rings. The van der Waals surface area contributed by atoms with E-state index >= 15 is 0 Å². The minimum absolute atomic E-state index is 0.126. The summed E-state index contributed by atoms with van der Waals surface area (Å²) in [6.45, 7) is 2.10. The van der Waals surface area contributed by atoms with E-state index in [4.69, 9.17) is 9.15 Å². The van der Waals surface area contributed by atoms with Crippen molar-refractivity contribution in [3.05, 3.63) is 75.5 Å². The number of hydrogen-bond acceptors (Lipinski definition) is 7. The van der Waals surface area contributed by atoms with Gasteiger partial charge in [-0.25, -0.2) is 4.98 Å². The Morgan fingerprint density at radius 1 is 1.29 bits per heavy atom. The van der Waals surface area contributed by atoms with Gasteiger partial charge in [0.25, 0.3) is 11.5 Å². The molecule has 1 amide bonds. The van der Waals surface area contributed by atoms with Crippen LogP contribution in [0.15, 0.2) is 57.9 Å². The zero-order chi connectivity index (χ0) is 19.5. The van der Waals surface area contributed by atoms with Gasteiger partial charge < -0.3 is 14.5 Å². The van der Waals surface area contributed by atoms with E-state index in [2.05, 4.69) is 15.4 Å². The van der Waals surface area contributed by atoms with Crippen molar-refractivity contribution in [2.45, 2.75) is 20.0 Å². The maximum atomic E-state index is 12.2. The monoisotopic (exact) mass is 396 g/mol. The Morgan fingerprint density at radius 2 is 2.18 bits per heavy atom. The van der Waals surface area contributed by atoms with Crippen molar-refractivity contribution < 1.29 is 13.9 Å². The average Bonchev–Trinajstić information content (AvgIpc) is 3.36. The number of carbonyl (C=O) groups is 1. The van der Waals surface area contributed by atoms with Gasteiger partial charge in [-0.2, -0.15) is 9.61 Å². The van der Waals surface area contributed by atoms with Crippen LogP contribution in [0.5, 0.6) is 5.75 Å². The molecular formula is C19H16N4O4S. The van der Waals surface area contributed by atoms with Gasteiger partial charge >= 0.3 is 0 Å². The Kier molecular flexibility index (Phi) is 4.90. The van der Waals surface area contributed by atoms with Crippen LogP contribution in [0, 0.1) is 0 Å². The molecule has 4 rings (SSSR count). The number of furan rings is 1. The quantitative estimate of drug-likeness (QED) is 0.538. The molecule has 1 aromatic carbocycles. The fraction of sp³-hybridized carbons (Fsp3) is 0.158. The van der Waals surface area contributed by atoms with E-state index in [1.54, 1.807) is 36.4 Å². The molecular weight excluding hydrogens is 380 g/mol. The molecule has 0 radical (unpaired) electrons. The molecule has 8 nitrogen and oxygen atoms in total. The number of nitrogens with zero attached hydrogens (tertiary/aromatic N) is 3. The average molecular weight is 396 g/mol. The Bertz CT molecular complexity index is 1180. The maximum absolute atomic E-state index is 12.2. The Balaban J connectivity index is 1.47. The predicted molar refractivity (Wildman–Crippen MR) is 104 cm³/mol. The number of amides is 1. The third-order valence-corrected chi connectivity index (χ3v) is 4.92. The summed E-state index contributed by atoms with van der Waals surface area (Å²) in [6.07, 6.45) is 2.18. The summed E-state index contributed by atoms with van der Waals surface area (Å²) < 4.78 is 12.1. The van der Waals surface area contributed by atoms with Gasteiger partial charge in [0.1, 0.15) is 17.4 Å². The van der Waals surface area contributed by atoms with Crippen molar-refractivity contribution in [2.75, 3.05) is 5.32 Å². The third kappa shape index (κ3) is 3.79. The van der Waals surface area contributed by atoms with Gasteiger partial charge in [0, 0.05) is 17.8 Å². The summed E-state index contributed by atoms with van der Waals surface area (Å²) in [5.41, 5.74) is 0.845. The van der Waals surface area contributed by atoms with E-state index in [0.717, 1.165) is 11.4 Å². The molecule has 0 saturated carbocycles. The molecule has 0 aliphatic heterocycles. The molecule has 9 heteroatoms. The first-order chi connectivity index (χ1) is 13.6. The summed E-state index contributed by atoms with van der Waals surface area (Å²) in [4.78, 5) is 29.2. The molecule has 0 atom stereocenters. The lowest BCUT2D eigenvalue weighted by Crippen LogP contribution is -2.16. The summed E-state index contributed by atoms with van der Waals surface area (Å²) in [5.74, 6) is 0.414. The van der Waals surface area contributed by atoms with E-state index in [1.807, 2.05) is 6.92 Å². The van der Waals surface area contributed by atoms with Crippen LogP contribution >= 0.6 is 11.3 Å². The van der Waals surface area contributed by atoms with Crippen LogP contribution in [0.1, 0.15) is 28.2 Å². The Morgan fingerprint density at radius 3 is 2.96 bits per heavy atom. The molecule has 28 heavy (non-hydrogen) atoms. The van der Waals surface area contributed by atoms with Crippen molar-refractivity contribution in [3.8, 4) is 5.75 Å². The van der Waals surface area contributed by atoms with Gasteiger partial charge in [-0.1, -0.05) is 24.3 Å². The van der Waals surface area contributed by atoms with Crippen molar-refractivity contribution in [3.63, 3.8) is 0 Å². The molecule has 0 spiro atoms. The highest BCUT2D eigenvalue weighted by molar-refractivity contribution is 7.16. The molecule has 142 valence electrons. The molecule has 3 aromatic heterocycles. The lowest BCUT2D eigenvalue weighted by molar-refractivity contribution is 0.0996. The van der Waals surface area contributed by atoms with Crippen LogP contribution in [0.2, 0.25) is 0 Å². The van der Waals surface area contributed by atoms with E-state index in [1.165, 1.54) is 28.2 Å². The van der Waals surface area contributed by atoms with Gasteiger partial charge in [0.15, 0.2) is 5.76 Å². The number of aryl methyl sites for hydroxylation is 1. The van der Waals surface area contributed by atoms with Crippen LogP contribution in [0.4, 0.5) is 5.69 Å². The number of anilines is 1. The number of hydrogen-bond donors (Lipinski definition) is 1. The molecule has 1 N–H and O–H groups in total. The van der Waals surface area contributed by atoms with E-state index in [-0.39, 0.29) is 23.8 Å². The highest BCUT2D eigenvalue weighted by atomic mass is 32.1. The minimum atomic E-state index is -0.348. The van der Waals surface area contributed by atoms with Gasteiger partial charge in [0.2, 0.25) is 4.96 Å². The SMILES string of the molecule is CCc1nn2c(=O)cc(COc3cccc(NC(=O)c4ccco4)c3)nc2s1. The second-order valence-corrected chi connectivity index (χ2v) is 6.92. The molecule has 0 aliphatic carbocycles. The normalized spacial score (nSPS) is 10.9. The summed E-state index contributed by atoms with van der Waals surface area (Å²) in [5, 5.41) is 7.81. The zero-order valence-corrected chi connectivity index (χ0v) is 15.7. The Hall–Kier alpha value is -3.46. The fourth-order valence-electron chi connectivity index (χ4n) is 2.53. The van der Waals surface area contributed by atoms with E-state index < -0.39 is 0 Å². The summed E-state index contributed by atoms with van der Waals surface area (Å²) >= 11 is 1.38. The fourth-order valence-corrected chi connectivity index (χ4v) is 3.39. The third-order valence-electron chi connectivity index (χ3n) is 3.87. The summed E-state index contributed by atoms with van der Waals surface area (Å²) in [7, 11) is 0. The van der Waals surface area contributed by atoms with Gasteiger partial charge in [-0.05, 0) is 30.7 Å². The number of carbonyl (C=O) groups excluding carboxylic acids is 1. The first-order valence-corrected chi connectivity index (χ1v) is 9.40. The molecule has 4 aromatic rings. The highest BCUT2D eigenvalue weighted by Gasteiger charge is 2.10. The second kappa shape index (κ2) is 7.65. The first kappa shape index (κ1) is 17.9. The van der Waals surface area contributed by atoms with Crippen LogP contribution in [-0.4, -0.2) is 20.5 Å². The van der Waals surface area contributed by atoms with E-state index in [9.17, 15) is 9.59 Å². The minimum Gasteiger partial charge on any atom is -0.487 e. The van der Waals surface area contributed by atoms with Crippen molar-refractivity contribution in [1.29, 1.82) is 0 Å². The van der Waals surface area contributed by atoms with Crippen molar-refractivity contribution in [2.24, 2.45) is 0 Å². The van der Waals surface area contributed by atoms with Crippen molar-refractivity contribution >= 4 is 27.9 Å². The number of fused-ring (bicyclic) bond motifs is 1. The Labute approximate surface area is 163 Å². The lowest BCUT2D eigenvalue weighted by Gasteiger charge is -2.08. The van der Waals surface area contributed by atoms with Gasteiger partial charge in [0.05, 0.1) is 12.0 Å². The lowest BCUT2D eigenvalue weighted by atomic mass is 10.3. The van der Waals surface area contributed by atoms with Crippen LogP contribution in [0.3, 0.4) is 0 Å². The molecule has 0 fully saturated rings. The topological polar surface area (TPSA) is 98.7 Å². The highest BCUT2D eigenvalue weighted by Crippen LogP contribution is 2.19. The number of benzene rings is 1. The molecule has 0 unspecified atom stereocenters. The van der Waals surface area contributed by atoms with Gasteiger partial charge in [-0.3, -0.25) is 9.59 Å². The maximum Gasteiger partial charge on any atom is 0.291 e. The number of ether oxygens (including phenoxy) is 1. The van der Waals surface area contributed by atoms with Crippen LogP contribution in [-0.2, 0) is 13.0 Å². The second-order valence-electron chi connectivity index (χ2n) is 5.88. The van der Waals surface area contributed by atoms with Crippen molar-refractivity contribution in [1.82, 2.24) is 14.6 Å². The predicted octanol–water partition coefficient (Wildman–Crippen LogP) is 3.14. The molecule has 3 heterocycles. The number of rotatable bonds is 6. The van der Waals surface area contributed by atoms with Crippen LogP contribution < -0.4 is 15.6 Å². The number of aromatic nitrogens is 3. The summed E-state index contributed by atoms with van der Waals surface area (Å²) in [6, 6.07) is 11.6. The first-order valence-electron chi connectivity index (χ1n) is 8.59. The van der Waals surface area contributed by atoms with E-state index in [0.29, 0.717) is 22.1 Å². The standard InChI is InChI=1S/C19H16N4O4S/c1-2-16-22-23-17(24)10-13(21-19(23)28-16)11-27-14-6-3-5-12(9-14)20-18(25)15-7-4-8-26-15/h3-10H,2,11H2,1H3,(H,20,25). The molecule has 0 bridgehead atoms. The largest absolute Gasteiger partial charge is 0.487 e. The van der Waals surface area contributed by atoms with Gasteiger partial charge in [-0.15, -0.1) is 0 Å². The molecule has 0 saturated heterocycles. The number of nitrogens with one attached hydrogen (secondary N) is 1.